The van der Waals surface area contributed by atoms with Crippen molar-refractivity contribution in [3.8, 4) is 0 Å². The normalized spacial score (nSPS) is 13.1. The largest absolute Gasteiger partial charge is 0.354 e. The predicted molar refractivity (Wildman–Crippen MR) is 64.0 cm³/mol. The third-order valence-electron chi connectivity index (χ3n) is 2.45. The number of hydrazine groups is 1. The molecule has 0 heterocycles. The number of halogens is 2. The Hall–Kier alpha value is -0.720. The molecule has 1 aromatic carbocycles. The fraction of sp³-hybridized carbons (Fsp3) is 0.455. The number of rotatable bonds is 6. The third-order valence-corrected chi connectivity index (χ3v) is 2.74. The van der Waals surface area contributed by atoms with E-state index < -0.39 is 12.1 Å². The Morgan fingerprint density at radius 2 is 2.06 bits per heavy atom. The maximum atomic E-state index is 13.0. The van der Waals surface area contributed by atoms with Gasteiger partial charge in [0.05, 0.1) is 11.1 Å². The number of nitrogens with two attached hydrogens (primary N) is 1. The second kappa shape index (κ2) is 6.88. The Morgan fingerprint density at radius 1 is 1.41 bits per heavy atom. The maximum absolute atomic E-state index is 13.0. The van der Waals surface area contributed by atoms with Gasteiger partial charge in [0.2, 0.25) is 0 Å². The summed E-state index contributed by atoms with van der Waals surface area (Å²) >= 11 is 5.70. The molecular formula is C11H16ClFN2O2. The van der Waals surface area contributed by atoms with Crippen LogP contribution in [0.4, 0.5) is 4.39 Å². The quantitative estimate of drug-likeness (QED) is 0.463. The number of ether oxygens (including phenoxy) is 2. The Kier molecular flexibility index (Phi) is 5.80. The van der Waals surface area contributed by atoms with E-state index in [2.05, 4.69) is 5.43 Å². The van der Waals surface area contributed by atoms with Gasteiger partial charge in [0.25, 0.3) is 0 Å². The molecule has 96 valence electrons. The van der Waals surface area contributed by atoms with Gasteiger partial charge in [0.15, 0.2) is 6.29 Å². The van der Waals surface area contributed by atoms with Crippen LogP contribution in [0, 0.1) is 5.82 Å². The molecule has 0 saturated carbocycles. The van der Waals surface area contributed by atoms with Crippen molar-refractivity contribution < 1.29 is 13.9 Å². The van der Waals surface area contributed by atoms with Crippen molar-refractivity contribution in [1.82, 2.24) is 5.43 Å². The second-order valence-corrected chi connectivity index (χ2v) is 3.97. The van der Waals surface area contributed by atoms with E-state index >= 15 is 0 Å². The highest BCUT2D eigenvalue weighted by atomic mass is 35.5. The molecule has 0 aliphatic rings. The monoisotopic (exact) mass is 262 g/mol. The summed E-state index contributed by atoms with van der Waals surface area (Å²) in [5.74, 6) is 4.98. The fourth-order valence-corrected chi connectivity index (χ4v) is 1.78. The number of nitrogens with one attached hydrogen (secondary N) is 1. The molecule has 0 aliphatic heterocycles. The van der Waals surface area contributed by atoms with Gasteiger partial charge in [0.1, 0.15) is 5.82 Å². The maximum Gasteiger partial charge on any atom is 0.173 e. The van der Waals surface area contributed by atoms with E-state index in [4.69, 9.17) is 26.9 Å². The highest BCUT2D eigenvalue weighted by Gasteiger charge is 2.20. The van der Waals surface area contributed by atoms with Gasteiger partial charge in [-0.1, -0.05) is 17.7 Å². The van der Waals surface area contributed by atoms with Crippen LogP contribution in [0.5, 0.6) is 0 Å². The molecule has 0 aliphatic carbocycles. The lowest BCUT2D eigenvalue weighted by atomic mass is 10.1. The van der Waals surface area contributed by atoms with Crippen molar-refractivity contribution in [2.24, 2.45) is 5.84 Å². The predicted octanol–water partition coefficient (Wildman–Crippen LogP) is 1.47. The molecular weight excluding hydrogens is 247 g/mol. The molecule has 0 saturated heterocycles. The summed E-state index contributed by atoms with van der Waals surface area (Å²) in [4.78, 5) is 0. The summed E-state index contributed by atoms with van der Waals surface area (Å²) < 4.78 is 23.2. The van der Waals surface area contributed by atoms with E-state index in [9.17, 15) is 4.39 Å². The van der Waals surface area contributed by atoms with Gasteiger partial charge in [-0.25, -0.2) is 4.39 Å². The van der Waals surface area contributed by atoms with Crippen molar-refractivity contribution in [2.75, 3.05) is 14.2 Å². The number of hydrogen-bond acceptors (Lipinski definition) is 4. The summed E-state index contributed by atoms with van der Waals surface area (Å²) in [7, 11) is 3.05. The summed E-state index contributed by atoms with van der Waals surface area (Å²) in [6.07, 6.45) is 0.0341. The van der Waals surface area contributed by atoms with Crippen LogP contribution in [0.2, 0.25) is 5.02 Å². The first-order chi connectivity index (χ1) is 8.12. The molecule has 0 fully saturated rings. The number of benzene rings is 1. The van der Waals surface area contributed by atoms with Gasteiger partial charge in [-0.05, 0) is 24.1 Å². The lowest BCUT2D eigenvalue weighted by molar-refractivity contribution is -0.122. The van der Waals surface area contributed by atoms with Crippen LogP contribution < -0.4 is 11.3 Å². The van der Waals surface area contributed by atoms with E-state index in [1.54, 1.807) is 12.1 Å². The fourth-order valence-electron chi connectivity index (χ4n) is 1.58. The SMILES string of the molecule is COC(OC)C(Cc1ccc(F)c(Cl)c1)NN. The van der Waals surface area contributed by atoms with Gasteiger partial charge < -0.3 is 9.47 Å². The molecule has 1 unspecified atom stereocenters. The van der Waals surface area contributed by atoms with Crippen molar-refractivity contribution in [3.63, 3.8) is 0 Å². The minimum Gasteiger partial charge on any atom is -0.354 e. The molecule has 0 aromatic heterocycles. The highest BCUT2D eigenvalue weighted by Crippen LogP contribution is 2.18. The van der Waals surface area contributed by atoms with Gasteiger partial charge in [-0.2, -0.15) is 0 Å². The molecule has 1 rings (SSSR count). The van der Waals surface area contributed by atoms with Crippen LogP contribution in [0.25, 0.3) is 0 Å². The number of hydrogen-bond donors (Lipinski definition) is 2. The second-order valence-electron chi connectivity index (χ2n) is 3.57. The zero-order chi connectivity index (χ0) is 12.8. The highest BCUT2D eigenvalue weighted by molar-refractivity contribution is 6.30. The average molecular weight is 263 g/mol. The summed E-state index contributed by atoms with van der Waals surface area (Å²) in [5, 5.41) is 0.0876. The van der Waals surface area contributed by atoms with Crippen LogP contribution in [0.3, 0.4) is 0 Å². The molecule has 3 N–H and O–H groups in total. The van der Waals surface area contributed by atoms with Crippen molar-refractivity contribution in [2.45, 2.75) is 18.8 Å². The molecule has 0 amide bonds. The van der Waals surface area contributed by atoms with E-state index in [0.717, 1.165) is 5.56 Å². The van der Waals surface area contributed by atoms with Crippen LogP contribution in [0.15, 0.2) is 18.2 Å². The van der Waals surface area contributed by atoms with Crippen molar-refractivity contribution in [1.29, 1.82) is 0 Å². The van der Waals surface area contributed by atoms with Gasteiger partial charge in [-0.3, -0.25) is 11.3 Å². The Labute approximate surface area is 105 Å². The standard InChI is InChI=1S/C11H16ClFN2O2/c1-16-11(17-2)10(15-14)6-7-3-4-9(13)8(12)5-7/h3-5,10-11,15H,6,14H2,1-2H3. The topological polar surface area (TPSA) is 56.5 Å². The first kappa shape index (κ1) is 14.3. The first-order valence-electron chi connectivity index (χ1n) is 5.08. The van der Waals surface area contributed by atoms with E-state index in [1.807, 2.05) is 0 Å². The third kappa shape index (κ3) is 3.90. The molecule has 0 spiro atoms. The van der Waals surface area contributed by atoms with Crippen molar-refractivity contribution >= 4 is 11.6 Å². The average Bonchev–Trinajstić information content (AvgIpc) is 2.33. The van der Waals surface area contributed by atoms with Crippen LogP contribution in [0.1, 0.15) is 5.56 Å². The molecule has 0 bridgehead atoms. The smallest absolute Gasteiger partial charge is 0.173 e. The van der Waals surface area contributed by atoms with Gasteiger partial charge in [-0.15, -0.1) is 0 Å². The van der Waals surface area contributed by atoms with E-state index in [1.165, 1.54) is 20.3 Å². The van der Waals surface area contributed by atoms with Crippen LogP contribution in [-0.2, 0) is 15.9 Å². The minimum absolute atomic E-state index is 0.0876. The molecule has 6 heteroatoms. The Bertz CT molecular complexity index is 361. The Morgan fingerprint density at radius 3 is 2.53 bits per heavy atom. The Balaban J connectivity index is 2.76. The molecule has 17 heavy (non-hydrogen) atoms. The van der Waals surface area contributed by atoms with Crippen LogP contribution in [-0.4, -0.2) is 26.6 Å². The minimum atomic E-state index is -0.483. The van der Waals surface area contributed by atoms with Crippen molar-refractivity contribution in [3.05, 3.63) is 34.6 Å². The van der Waals surface area contributed by atoms with E-state index in [0.29, 0.717) is 6.42 Å². The first-order valence-corrected chi connectivity index (χ1v) is 5.45. The van der Waals surface area contributed by atoms with Gasteiger partial charge in [0, 0.05) is 14.2 Å². The van der Waals surface area contributed by atoms with Gasteiger partial charge >= 0.3 is 0 Å². The van der Waals surface area contributed by atoms with Crippen LogP contribution >= 0.6 is 11.6 Å². The number of methoxy groups -OCH3 is 2. The lowest BCUT2D eigenvalue weighted by Gasteiger charge is -2.24. The summed E-state index contributed by atoms with van der Waals surface area (Å²) in [5.41, 5.74) is 3.45. The summed E-state index contributed by atoms with van der Waals surface area (Å²) in [6, 6.07) is 4.28. The molecule has 0 radical (unpaired) electrons. The molecule has 4 nitrogen and oxygen atoms in total. The summed E-state index contributed by atoms with van der Waals surface area (Å²) in [6.45, 7) is 0. The zero-order valence-electron chi connectivity index (χ0n) is 9.74. The zero-order valence-corrected chi connectivity index (χ0v) is 10.5. The molecule has 1 atom stereocenters. The van der Waals surface area contributed by atoms with E-state index in [-0.39, 0.29) is 11.1 Å². The lowest BCUT2D eigenvalue weighted by Crippen LogP contribution is -2.47. The molecule has 1 aromatic rings.